The molecule has 0 aliphatic heterocycles. The molecule has 0 aliphatic carbocycles. The summed E-state index contributed by atoms with van der Waals surface area (Å²) in [5.41, 5.74) is 0. The summed E-state index contributed by atoms with van der Waals surface area (Å²) in [5, 5.41) is 5.93. The van der Waals surface area contributed by atoms with Gasteiger partial charge in [-0.25, -0.2) is 0 Å². The highest BCUT2D eigenvalue weighted by Gasteiger charge is 2.21. The van der Waals surface area contributed by atoms with Crippen molar-refractivity contribution in [2.75, 3.05) is 5.09 Å². The molecule has 0 fully saturated rings. The molecule has 1 rings (SSSR count). The number of nitrogens with zero attached hydrogens (tertiary/aromatic N) is 2. The predicted octanol–water partition coefficient (Wildman–Crippen LogP) is 2.54. The molecule has 0 atom stereocenters. The Morgan fingerprint density at radius 2 is 2.31 bits per heavy atom. The standard InChI is InChI=1S/C5H9Cl2N3O2P/c1-4(2)10-3-5(12-9-10)8-13(6,7)11/h3-4H,1-2H3,(H,8,11)/q+1. The molecule has 0 saturated heterocycles. The average Bonchev–Trinajstić information content (AvgIpc) is 2.31. The van der Waals surface area contributed by atoms with E-state index in [0.29, 0.717) is 0 Å². The van der Waals surface area contributed by atoms with E-state index in [2.05, 4.69) is 10.4 Å². The minimum Gasteiger partial charge on any atom is -0.282 e. The van der Waals surface area contributed by atoms with Gasteiger partial charge in [0, 0.05) is 0 Å². The van der Waals surface area contributed by atoms with Crippen molar-refractivity contribution in [3.63, 3.8) is 0 Å². The third kappa shape index (κ3) is 3.55. The molecule has 0 aromatic carbocycles. The third-order valence-corrected chi connectivity index (χ3v) is 2.24. The molecule has 0 unspecified atom stereocenters. The van der Waals surface area contributed by atoms with Crippen molar-refractivity contribution in [1.29, 1.82) is 0 Å². The van der Waals surface area contributed by atoms with E-state index in [0.717, 1.165) is 0 Å². The second kappa shape index (κ2) is 3.86. The zero-order chi connectivity index (χ0) is 10.1. The second-order valence-corrected chi connectivity index (χ2v) is 7.24. The molecular formula is C5H9Cl2N3O2P+. The van der Waals surface area contributed by atoms with Gasteiger partial charge in [-0.1, -0.05) is 0 Å². The van der Waals surface area contributed by atoms with Crippen molar-refractivity contribution in [2.24, 2.45) is 0 Å². The fraction of sp³-hybridized carbons (Fsp3) is 0.600. The molecule has 0 spiro atoms. The van der Waals surface area contributed by atoms with Crippen molar-refractivity contribution in [1.82, 2.24) is 5.27 Å². The number of aromatic nitrogens is 2. The number of nitrogens with one attached hydrogen (secondary N) is 1. The molecule has 0 amide bonds. The Morgan fingerprint density at radius 3 is 2.69 bits per heavy atom. The van der Waals surface area contributed by atoms with Crippen molar-refractivity contribution in [3.8, 4) is 0 Å². The van der Waals surface area contributed by atoms with Crippen molar-refractivity contribution < 1.29 is 13.8 Å². The smallest absolute Gasteiger partial charge is 0.282 e. The lowest BCUT2D eigenvalue weighted by Gasteiger charge is -1.97. The molecule has 0 saturated carbocycles. The summed E-state index contributed by atoms with van der Waals surface area (Å²) < 4.78 is 17.2. The van der Waals surface area contributed by atoms with E-state index in [1.54, 1.807) is 4.68 Å². The van der Waals surface area contributed by atoms with Crippen molar-refractivity contribution in [2.45, 2.75) is 19.9 Å². The first-order valence-corrected chi connectivity index (χ1v) is 7.06. The molecule has 0 aliphatic rings. The van der Waals surface area contributed by atoms with E-state index in [1.165, 1.54) is 6.20 Å². The lowest BCUT2D eigenvalue weighted by molar-refractivity contribution is -0.779. The molecule has 1 heterocycles. The van der Waals surface area contributed by atoms with Crippen LogP contribution in [0.1, 0.15) is 19.9 Å². The van der Waals surface area contributed by atoms with Crippen LogP contribution in [0.2, 0.25) is 0 Å². The topological polar surface area (TPSA) is 59.0 Å². The monoisotopic (exact) mass is 244 g/mol. The van der Waals surface area contributed by atoms with Crippen LogP contribution in [0.3, 0.4) is 0 Å². The molecule has 74 valence electrons. The quantitative estimate of drug-likeness (QED) is 0.656. The third-order valence-electron chi connectivity index (χ3n) is 1.25. The van der Waals surface area contributed by atoms with E-state index >= 15 is 0 Å². The zero-order valence-electron chi connectivity index (χ0n) is 7.07. The van der Waals surface area contributed by atoms with Crippen LogP contribution >= 0.6 is 28.5 Å². The lowest BCUT2D eigenvalue weighted by Crippen LogP contribution is -2.36. The fourth-order valence-corrected chi connectivity index (χ4v) is 1.53. The van der Waals surface area contributed by atoms with Gasteiger partial charge < -0.3 is 0 Å². The first-order chi connectivity index (χ1) is 5.88. The van der Waals surface area contributed by atoms with Gasteiger partial charge in [-0.05, 0) is 41.0 Å². The van der Waals surface area contributed by atoms with Gasteiger partial charge in [0.15, 0.2) is 6.04 Å². The molecule has 8 heteroatoms. The molecule has 0 radical (unpaired) electrons. The van der Waals surface area contributed by atoms with Gasteiger partial charge in [0.2, 0.25) is 5.27 Å². The summed E-state index contributed by atoms with van der Waals surface area (Å²) in [4.78, 5) is 0. The summed E-state index contributed by atoms with van der Waals surface area (Å²) in [6.45, 7) is 3.85. The summed E-state index contributed by atoms with van der Waals surface area (Å²) in [7, 11) is 0. The average molecular weight is 245 g/mol. The Labute approximate surface area is 85.0 Å². The molecule has 1 N–H and O–H groups in total. The molecule has 5 nitrogen and oxygen atoms in total. The summed E-state index contributed by atoms with van der Waals surface area (Å²) in [6.07, 6.45) is 1.53. The number of hydrogen-bond acceptors (Lipinski definition) is 3. The number of anilines is 1. The van der Waals surface area contributed by atoms with Crippen LogP contribution < -0.4 is 9.77 Å². The highest BCUT2D eigenvalue weighted by atomic mass is 35.9. The van der Waals surface area contributed by atoms with Gasteiger partial charge in [0.25, 0.3) is 6.20 Å². The molecule has 1 aromatic heterocycles. The minimum absolute atomic E-state index is 0.157. The number of rotatable bonds is 3. The largest absolute Gasteiger partial charge is 0.345 e. The first kappa shape index (κ1) is 10.8. The van der Waals surface area contributed by atoms with E-state index in [-0.39, 0.29) is 11.9 Å². The summed E-state index contributed by atoms with van der Waals surface area (Å²) in [5.74, 6) is -3.17. The SMILES string of the molecule is CC(C)[n+]1cc(NP(=O)(Cl)Cl)on1. The zero-order valence-corrected chi connectivity index (χ0v) is 9.48. The van der Waals surface area contributed by atoms with Crippen LogP contribution in [0, 0.1) is 0 Å². The normalized spacial score (nSPS) is 12.1. The van der Waals surface area contributed by atoms with E-state index in [4.69, 9.17) is 27.0 Å². The number of halogens is 2. The predicted molar refractivity (Wildman–Crippen MR) is 50.0 cm³/mol. The summed E-state index contributed by atoms with van der Waals surface area (Å²) in [6, 6.07) is 0.157. The van der Waals surface area contributed by atoms with Crippen molar-refractivity contribution in [3.05, 3.63) is 6.20 Å². The Balaban J connectivity index is 2.75. The Bertz CT molecular complexity index is 334. The van der Waals surface area contributed by atoms with Crippen LogP contribution in [0.15, 0.2) is 10.7 Å². The molecule has 0 bridgehead atoms. The first-order valence-electron chi connectivity index (χ1n) is 3.54. The van der Waals surface area contributed by atoms with Crippen molar-refractivity contribution >= 4 is 34.4 Å². The maximum atomic E-state index is 10.9. The van der Waals surface area contributed by atoms with E-state index in [9.17, 15) is 4.57 Å². The van der Waals surface area contributed by atoms with Gasteiger partial charge in [0.1, 0.15) is 0 Å². The highest BCUT2D eigenvalue weighted by molar-refractivity contribution is 8.09. The van der Waals surface area contributed by atoms with Gasteiger partial charge in [0.05, 0.1) is 0 Å². The van der Waals surface area contributed by atoms with Crippen LogP contribution in [0.5, 0.6) is 0 Å². The fourth-order valence-electron chi connectivity index (χ4n) is 0.679. The second-order valence-electron chi connectivity index (χ2n) is 2.71. The molecular weight excluding hydrogens is 236 g/mol. The highest BCUT2D eigenvalue weighted by Crippen LogP contribution is 2.55. The van der Waals surface area contributed by atoms with Gasteiger partial charge in [-0.3, -0.25) is 14.2 Å². The van der Waals surface area contributed by atoms with Gasteiger partial charge in [-0.2, -0.15) is 0 Å². The van der Waals surface area contributed by atoms with Crippen LogP contribution in [-0.4, -0.2) is 5.27 Å². The Hall–Kier alpha value is -0.250. The Morgan fingerprint density at radius 1 is 1.69 bits per heavy atom. The maximum absolute atomic E-state index is 10.9. The van der Waals surface area contributed by atoms with Gasteiger partial charge >= 0.3 is 11.9 Å². The van der Waals surface area contributed by atoms with E-state index < -0.39 is 6.00 Å². The lowest BCUT2D eigenvalue weighted by atomic mass is 10.4. The van der Waals surface area contributed by atoms with Crippen LogP contribution in [-0.2, 0) is 4.57 Å². The molecule has 13 heavy (non-hydrogen) atoms. The minimum atomic E-state index is -3.36. The Kier molecular flexibility index (Phi) is 3.22. The van der Waals surface area contributed by atoms with Crippen LogP contribution in [0.25, 0.3) is 0 Å². The summed E-state index contributed by atoms with van der Waals surface area (Å²) >= 11 is 10.5. The number of hydrogen-bond donors (Lipinski definition) is 1. The van der Waals surface area contributed by atoms with E-state index in [1.807, 2.05) is 13.8 Å². The van der Waals surface area contributed by atoms with Gasteiger partial charge in [-0.15, -0.1) is 0 Å². The molecule has 1 aromatic rings. The van der Waals surface area contributed by atoms with Crippen LogP contribution in [0.4, 0.5) is 5.88 Å². The maximum Gasteiger partial charge on any atom is 0.345 e.